The summed E-state index contributed by atoms with van der Waals surface area (Å²) in [6, 6.07) is 0. The Morgan fingerprint density at radius 1 is 0.306 bits per heavy atom. The van der Waals surface area contributed by atoms with Crippen molar-refractivity contribution in [3.63, 3.8) is 0 Å². The summed E-state index contributed by atoms with van der Waals surface area (Å²) in [5, 5.41) is 0. The predicted octanol–water partition coefficient (Wildman–Crippen LogP) is 8.45. The Bertz CT molecular complexity index is 587. The van der Waals surface area contributed by atoms with Gasteiger partial charge in [0.15, 0.2) is 0 Å². The zero-order valence-electron chi connectivity index (χ0n) is 31.1. The van der Waals surface area contributed by atoms with Gasteiger partial charge in [0.05, 0.1) is 26.4 Å². The van der Waals surface area contributed by atoms with Crippen molar-refractivity contribution in [2.45, 2.75) is 182 Å². The molecule has 0 aliphatic heterocycles. The number of rotatable bonds is 32. The van der Waals surface area contributed by atoms with E-state index in [1.807, 2.05) is 0 Å². The van der Waals surface area contributed by atoms with Crippen LogP contribution < -0.4 is 19.6 Å². The summed E-state index contributed by atoms with van der Waals surface area (Å²) < 4.78 is 57.7. The van der Waals surface area contributed by atoms with Gasteiger partial charge in [-0.3, -0.25) is 0 Å². The van der Waals surface area contributed by atoms with E-state index in [9.17, 15) is 37.8 Å². The summed E-state index contributed by atoms with van der Waals surface area (Å²) in [4.78, 5) is 39.9. The van der Waals surface area contributed by atoms with Gasteiger partial charge < -0.3 is 55.9 Å². The predicted molar refractivity (Wildman–Crippen MR) is 193 cm³/mol. The summed E-state index contributed by atoms with van der Waals surface area (Å²) in [7, 11) is -11.7. The number of hydrogen-bond donors (Lipinski definition) is 0. The molecule has 12 nitrogen and oxygen atoms in total. The van der Waals surface area contributed by atoms with Crippen LogP contribution in [0.1, 0.15) is 182 Å². The third-order valence-corrected chi connectivity index (χ3v) is 8.63. The molecule has 0 heterocycles. The standard InChI is InChI=1S/4C8H19O3P.Mo/c4*1-2-3-4-5-6-7-8-11-12(9)10;/h4*12H,2-8H2,1H3,(H,9,10);/q;;;;+4/p-4. The average Bonchev–Trinajstić information content (AvgIpc) is 3.03. The molecule has 0 fully saturated rings. The Hall–Kier alpha value is 1.29. The van der Waals surface area contributed by atoms with E-state index >= 15 is 0 Å². The molecule has 49 heavy (non-hydrogen) atoms. The molecule has 0 rings (SSSR count). The van der Waals surface area contributed by atoms with E-state index < -0.39 is 33.0 Å². The van der Waals surface area contributed by atoms with Crippen molar-refractivity contribution in [3.05, 3.63) is 0 Å². The first-order valence-electron chi connectivity index (χ1n) is 18.4. The smallest absolute Gasteiger partial charge is 0.781 e. The van der Waals surface area contributed by atoms with Crippen LogP contribution in [0, 0.1) is 0 Å². The Balaban J connectivity index is -0.000000174. The zero-order valence-corrected chi connectivity index (χ0v) is 37.1. The Morgan fingerprint density at radius 3 is 0.592 bits per heavy atom. The molecular weight excluding hydrogens is 796 g/mol. The van der Waals surface area contributed by atoms with Crippen molar-refractivity contribution >= 4 is 33.0 Å². The summed E-state index contributed by atoms with van der Waals surface area (Å²) in [6.45, 7) is 10.2. The van der Waals surface area contributed by atoms with Crippen LogP contribution in [-0.2, 0) is 57.4 Å². The van der Waals surface area contributed by atoms with Gasteiger partial charge >= 0.3 is 21.1 Å². The van der Waals surface area contributed by atoms with Crippen LogP contribution in [0.5, 0.6) is 0 Å². The average molecular weight is 869 g/mol. The molecule has 0 aromatic carbocycles. The molecule has 0 saturated carbocycles. The molecule has 17 heteroatoms. The van der Waals surface area contributed by atoms with E-state index in [4.69, 9.17) is 0 Å². The summed E-state index contributed by atoms with van der Waals surface area (Å²) in [6.07, 6.45) is 27.6. The second-order valence-electron chi connectivity index (χ2n) is 11.5. The maximum atomic E-state index is 9.99. The van der Waals surface area contributed by atoms with Crippen LogP contribution in [0.15, 0.2) is 0 Å². The second kappa shape index (κ2) is 56.0. The van der Waals surface area contributed by atoms with Gasteiger partial charge in [-0.05, 0) is 25.7 Å². The van der Waals surface area contributed by atoms with Gasteiger partial charge in [-0.15, -0.1) is 0 Å². The Labute approximate surface area is 317 Å². The van der Waals surface area contributed by atoms with Crippen LogP contribution in [0.3, 0.4) is 0 Å². The molecule has 298 valence electrons. The van der Waals surface area contributed by atoms with Crippen LogP contribution >= 0.6 is 33.0 Å². The second-order valence-corrected chi connectivity index (χ2v) is 14.6. The van der Waals surface area contributed by atoms with Crippen LogP contribution in [-0.4, -0.2) is 26.4 Å². The Morgan fingerprint density at radius 2 is 0.449 bits per heavy atom. The van der Waals surface area contributed by atoms with E-state index in [0.717, 1.165) is 51.4 Å². The SMILES string of the molecule is CCCCCCCCO[PH](=O)[O-].CCCCCCCCO[PH](=O)[O-].CCCCCCCCO[PH](=O)[O-].CCCCCCCCO[PH](=O)[O-].[Mo+4]. The minimum absolute atomic E-state index is 0. The molecule has 0 spiro atoms. The fourth-order valence-electron chi connectivity index (χ4n) is 4.15. The van der Waals surface area contributed by atoms with Gasteiger partial charge in [0.25, 0.3) is 0 Å². The van der Waals surface area contributed by atoms with Crippen LogP contribution in [0.2, 0.25) is 0 Å². The third-order valence-electron chi connectivity index (χ3n) is 6.87. The van der Waals surface area contributed by atoms with E-state index in [-0.39, 0.29) is 21.1 Å². The number of unbranched alkanes of at least 4 members (excludes halogenated alkanes) is 20. The van der Waals surface area contributed by atoms with Gasteiger partial charge in [-0.25, -0.2) is 0 Å². The maximum Gasteiger partial charge on any atom is 4.00 e. The van der Waals surface area contributed by atoms with Gasteiger partial charge in [0, 0.05) is 0 Å². The molecule has 4 unspecified atom stereocenters. The molecule has 0 aliphatic carbocycles. The minimum atomic E-state index is -2.93. The monoisotopic (exact) mass is 870 g/mol. The number of hydrogen-bond acceptors (Lipinski definition) is 12. The first-order chi connectivity index (χ1) is 23.1. The molecule has 0 N–H and O–H groups in total. The minimum Gasteiger partial charge on any atom is -0.781 e. The zero-order chi connectivity index (χ0) is 36.9. The Kier molecular flexibility index (Phi) is 68.1. The van der Waals surface area contributed by atoms with Crippen LogP contribution in [0.4, 0.5) is 0 Å². The van der Waals surface area contributed by atoms with Crippen molar-refractivity contribution in [2.75, 3.05) is 26.4 Å². The fourth-order valence-corrected chi connectivity index (χ4v) is 5.40. The normalized spacial score (nSPS) is 12.9. The molecule has 0 aliphatic rings. The van der Waals surface area contributed by atoms with E-state index in [1.54, 1.807) is 0 Å². The molecule has 4 atom stereocenters. The molecule has 0 radical (unpaired) electrons. The van der Waals surface area contributed by atoms with E-state index in [0.29, 0.717) is 26.4 Å². The molecule has 0 aromatic rings. The van der Waals surface area contributed by atoms with Gasteiger partial charge in [0.1, 0.15) is 33.0 Å². The van der Waals surface area contributed by atoms with Crippen LogP contribution in [0.25, 0.3) is 0 Å². The first-order valence-corrected chi connectivity index (χ1v) is 23.3. The first kappa shape index (κ1) is 59.6. The van der Waals surface area contributed by atoms with E-state index in [2.05, 4.69) is 45.8 Å². The van der Waals surface area contributed by atoms with Crippen molar-refractivity contribution in [2.24, 2.45) is 0 Å². The van der Waals surface area contributed by atoms with Gasteiger partial charge in [-0.1, -0.05) is 156 Å². The topological polar surface area (TPSA) is 197 Å². The van der Waals surface area contributed by atoms with Crippen molar-refractivity contribution < 1.29 is 77.0 Å². The maximum absolute atomic E-state index is 9.99. The largest absolute Gasteiger partial charge is 4.00 e. The summed E-state index contributed by atoms with van der Waals surface area (Å²) >= 11 is 0. The molecule has 0 amide bonds. The molecule has 0 bridgehead atoms. The quantitative estimate of drug-likeness (QED) is 0.0356. The van der Waals surface area contributed by atoms with Gasteiger partial charge in [0.2, 0.25) is 0 Å². The summed E-state index contributed by atoms with van der Waals surface area (Å²) in [5.41, 5.74) is 0. The van der Waals surface area contributed by atoms with Crippen molar-refractivity contribution in [3.8, 4) is 0 Å². The molecular formula is C32H72MoO12P4. The van der Waals surface area contributed by atoms with Crippen molar-refractivity contribution in [1.82, 2.24) is 0 Å². The van der Waals surface area contributed by atoms with Crippen molar-refractivity contribution in [1.29, 1.82) is 0 Å². The third kappa shape index (κ3) is 79.3. The summed E-state index contributed by atoms with van der Waals surface area (Å²) in [5.74, 6) is 0. The molecule has 0 aromatic heterocycles. The van der Waals surface area contributed by atoms with Gasteiger partial charge in [-0.2, -0.15) is 0 Å². The fraction of sp³-hybridized carbons (Fsp3) is 1.00. The molecule has 0 saturated heterocycles. The van der Waals surface area contributed by atoms with E-state index in [1.165, 1.54) is 103 Å².